The van der Waals surface area contributed by atoms with Crippen molar-refractivity contribution < 1.29 is 4.74 Å². The van der Waals surface area contributed by atoms with Gasteiger partial charge in [-0.1, -0.05) is 35.0 Å². The van der Waals surface area contributed by atoms with Gasteiger partial charge in [0.05, 0.1) is 6.61 Å². The van der Waals surface area contributed by atoms with E-state index in [1.165, 1.54) is 5.56 Å². The molecule has 0 saturated heterocycles. The predicted octanol–water partition coefficient (Wildman–Crippen LogP) is 2.75. The van der Waals surface area contributed by atoms with Crippen LogP contribution in [0.5, 0.6) is 0 Å². The predicted molar refractivity (Wildman–Crippen MR) is 66.9 cm³/mol. The third kappa shape index (κ3) is 3.93. The van der Waals surface area contributed by atoms with Crippen LogP contribution < -0.4 is 5.73 Å². The molecule has 0 amide bonds. The van der Waals surface area contributed by atoms with Gasteiger partial charge < -0.3 is 10.5 Å². The van der Waals surface area contributed by atoms with E-state index in [0.29, 0.717) is 6.61 Å². The minimum atomic E-state index is -0.254. The van der Waals surface area contributed by atoms with Crippen molar-refractivity contribution in [2.45, 2.75) is 25.3 Å². The standard InChI is InChI=1S/C12H18BrNO/c1-3-12(14,9-15-2)8-10-5-4-6-11(13)7-10/h4-7H,3,8-9,14H2,1-2H3. The summed E-state index contributed by atoms with van der Waals surface area (Å²) in [7, 11) is 1.69. The van der Waals surface area contributed by atoms with Crippen molar-refractivity contribution in [2.24, 2.45) is 5.73 Å². The molecule has 2 N–H and O–H groups in total. The SMILES string of the molecule is CCC(N)(COC)Cc1cccc(Br)c1. The largest absolute Gasteiger partial charge is 0.383 e. The third-order valence-corrected chi connectivity index (χ3v) is 3.07. The topological polar surface area (TPSA) is 35.2 Å². The van der Waals surface area contributed by atoms with Crippen molar-refractivity contribution in [1.29, 1.82) is 0 Å². The molecule has 1 rings (SSSR count). The van der Waals surface area contributed by atoms with Crippen LogP contribution in [0, 0.1) is 0 Å². The Morgan fingerprint density at radius 1 is 1.47 bits per heavy atom. The van der Waals surface area contributed by atoms with E-state index in [4.69, 9.17) is 10.5 Å². The Morgan fingerprint density at radius 2 is 2.20 bits per heavy atom. The second kappa shape index (κ2) is 5.64. The zero-order valence-corrected chi connectivity index (χ0v) is 10.9. The molecule has 0 aliphatic heterocycles. The van der Waals surface area contributed by atoms with E-state index in [0.717, 1.165) is 17.3 Å². The van der Waals surface area contributed by atoms with Gasteiger partial charge in [0.1, 0.15) is 0 Å². The molecule has 3 heteroatoms. The molecule has 0 saturated carbocycles. The smallest absolute Gasteiger partial charge is 0.0645 e. The highest BCUT2D eigenvalue weighted by Gasteiger charge is 2.22. The molecule has 0 aromatic heterocycles. The van der Waals surface area contributed by atoms with Crippen molar-refractivity contribution in [3.8, 4) is 0 Å². The summed E-state index contributed by atoms with van der Waals surface area (Å²) in [6, 6.07) is 8.25. The van der Waals surface area contributed by atoms with E-state index in [9.17, 15) is 0 Å². The molecule has 1 aromatic rings. The maximum absolute atomic E-state index is 6.25. The Labute approximate surface area is 99.9 Å². The zero-order chi connectivity index (χ0) is 11.3. The van der Waals surface area contributed by atoms with Gasteiger partial charge in [-0.05, 0) is 30.5 Å². The number of methoxy groups -OCH3 is 1. The number of halogens is 1. The molecule has 84 valence electrons. The molecule has 1 atom stereocenters. The Balaban J connectivity index is 2.74. The first-order valence-corrected chi connectivity index (χ1v) is 5.91. The highest BCUT2D eigenvalue weighted by molar-refractivity contribution is 9.10. The lowest BCUT2D eigenvalue weighted by atomic mass is 9.90. The monoisotopic (exact) mass is 271 g/mol. The molecule has 0 aliphatic rings. The summed E-state index contributed by atoms with van der Waals surface area (Å²) in [5.74, 6) is 0. The van der Waals surface area contributed by atoms with Gasteiger partial charge in [0.15, 0.2) is 0 Å². The van der Waals surface area contributed by atoms with E-state index in [-0.39, 0.29) is 5.54 Å². The fraction of sp³-hybridized carbons (Fsp3) is 0.500. The van der Waals surface area contributed by atoms with Gasteiger partial charge >= 0.3 is 0 Å². The summed E-state index contributed by atoms with van der Waals surface area (Å²) in [6.45, 7) is 2.69. The molecule has 15 heavy (non-hydrogen) atoms. The van der Waals surface area contributed by atoms with Crippen LogP contribution in [0.1, 0.15) is 18.9 Å². The van der Waals surface area contributed by atoms with Gasteiger partial charge in [-0.25, -0.2) is 0 Å². The molecule has 1 unspecified atom stereocenters. The van der Waals surface area contributed by atoms with E-state index in [1.54, 1.807) is 7.11 Å². The summed E-state index contributed by atoms with van der Waals surface area (Å²) in [4.78, 5) is 0. The second-order valence-electron chi connectivity index (χ2n) is 3.96. The van der Waals surface area contributed by atoms with Gasteiger partial charge in [-0.2, -0.15) is 0 Å². The fourth-order valence-corrected chi connectivity index (χ4v) is 2.07. The van der Waals surface area contributed by atoms with Gasteiger partial charge in [0.2, 0.25) is 0 Å². The lowest BCUT2D eigenvalue weighted by Gasteiger charge is -2.27. The van der Waals surface area contributed by atoms with Gasteiger partial charge in [0.25, 0.3) is 0 Å². The molecule has 0 fully saturated rings. The fourth-order valence-electron chi connectivity index (χ4n) is 1.62. The van der Waals surface area contributed by atoms with Crippen LogP contribution in [-0.2, 0) is 11.2 Å². The molecule has 1 aromatic carbocycles. The summed E-state index contributed by atoms with van der Waals surface area (Å²) >= 11 is 3.46. The molecule has 0 aliphatic carbocycles. The summed E-state index contributed by atoms with van der Waals surface area (Å²) in [6.07, 6.45) is 1.75. The van der Waals surface area contributed by atoms with Crippen molar-refractivity contribution in [1.82, 2.24) is 0 Å². The highest BCUT2D eigenvalue weighted by atomic mass is 79.9. The van der Waals surface area contributed by atoms with Crippen LogP contribution in [0.2, 0.25) is 0 Å². The van der Waals surface area contributed by atoms with Crippen molar-refractivity contribution in [2.75, 3.05) is 13.7 Å². The molecule has 2 nitrogen and oxygen atoms in total. The average Bonchev–Trinajstić information content (AvgIpc) is 2.18. The minimum Gasteiger partial charge on any atom is -0.383 e. The Morgan fingerprint density at radius 3 is 2.73 bits per heavy atom. The van der Waals surface area contributed by atoms with E-state index in [1.807, 2.05) is 12.1 Å². The van der Waals surface area contributed by atoms with Crippen LogP contribution in [0.3, 0.4) is 0 Å². The van der Waals surface area contributed by atoms with Crippen LogP contribution in [0.4, 0.5) is 0 Å². The molecule has 0 spiro atoms. The maximum Gasteiger partial charge on any atom is 0.0645 e. The summed E-state index contributed by atoms with van der Waals surface area (Å²) in [5, 5.41) is 0. The number of nitrogens with two attached hydrogens (primary N) is 1. The quantitative estimate of drug-likeness (QED) is 0.894. The van der Waals surface area contributed by atoms with Crippen LogP contribution in [0.15, 0.2) is 28.7 Å². The first-order chi connectivity index (χ1) is 7.09. The summed E-state index contributed by atoms with van der Waals surface area (Å²) in [5.41, 5.74) is 7.24. The van der Waals surface area contributed by atoms with E-state index < -0.39 is 0 Å². The van der Waals surface area contributed by atoms with Crippen LogP contribution in [-0.4, -0.2) is 19.3 Å². The third-order valence-electron chi connectivity index (χ3n) is 2.58. The van der Waals surface area contributed by atoms with E-state index >= 15 is 0 Å². The maximum atomic E-state index is 6.25. The molecule has 0 heterocycles. The molecule has 0 radical (unpaired) electrons. The second-order valence-corrected chi connectivity index (χ2v) is 4.87. The van der Waals surface area contributed by atoms with Gasteiger partial charge in [-0.3, -0.25) is 0 Å². The number of rotatable bonds is 5. The highest BCUT2D eigenvalue weighted by Crippen LogP contribution is 2.18. The van der Waals surface area contributed by atoms with Crippen molar-refractivity contribution in [3.05, 3.63) is 34.3 Å². The van der Waals surface area contributed by atoms with Gasteiger partial charge in [-0.15, -0.1) is 0 Å². The van der Waals surface area contributed by atoms with Crippen molar-refractivity contribution >= 4 is 15.9 Å². The first kappa shape index (κ1) is 12.7. The summed E-state index contributed by atoms with van der Waals surface area (Å²) < 4.78 is 6.26. The number of hydrogen-bond donors (Lipinski definition) is 1. The Bertz CT molecular complexity index is 316. The molecular formula is C12H18BrNO. The lowest BCUT2D eigenvalue weighted by Crippen LogP contribution is -2.45. The average molecular weight is 272 g/mol. The number of hydrogen-bond acceptors (Lipinski definition) is 2. The number of ether oxygens (including phenoxy) is 1. The first-order valence-electron chi connectivity index (χ1n) is 5.12. The Hall–Kier alpha value is -0.380. The minimum absolute atomic E-state index is 0.254. The lowest BCUT2D eigenvalue weighted by molar-refractivity contribution is 0.129. The Kier molecular flexibility index (Phi) is 4.77. The zero-order valence-electron chi connectivity index (χ0n) is 9.29. The van der Waals surface area contributed by atoms with Crippen LogP contribution in [0.25, 0.3) is 0 Å². The normalized spacial score (nSPS) is 14.9. The van der Waals surface area contributed by atoms with Gasteiger partial charge in [0, 0.05) is 17.1 Å². The number of benzene rings is 1. The van der Waals surface area contributed by atoms with E-state index in [2.05, 4.69) is 35.0 Å². The molecular weight excluding hydrogens is 254 g/mol. The van der Waals surface area contributed by atoms with Crippen LogP contribution >= 0.6 is 15.9 Å². The molecule has 0 bridgehead atoms. The van der Waals surface area contributed by atoms with Crippen molar-refractivity contribution in [3.63, 3.8) is 0 Å².